The smallest absolute Gasteiger partial charge is 0.385 e. The summed E-state index contributed by atoms with van der Waals surface area (Å²) in [7, 11) is 0. The van der Waals surface area contributed by atoms with Gasteiger partial charge in [0.05, 0.1) is 24.0 Å². The second kappa shape index (κ2) is 11.5. The Morgan fingerprint density at radius 3 is 2.32 bits per heavy atom. The summed E-state index contributed by atoms with van der Waals surface area (Å²) in [6.45, 7) is 10.9. The Morgan fingerprint density at radius 1 is 1.11 bits per heavy atom. The molecule has 10 nitrogen and oxygen atoms in total. The number of ketones is 1. The summed E-state index contributed by atoms with van der Waals surface area (Å²) in [5.74, 6) is 11.6. The van der Waals surface area contributed by atoms with E-state index >= 15 is 0 Å². The van der Waals surface area contributed by atoms with Crippen LogP contribution >= 0.6 is 0 Å². The molecule has 0 spiro atoms. The Hall–Kier alpha value is -4.06. The third kappa shape index (κ3) is 4.89. The Kier molecular flexibility index (Phi) is 8.55. The third-order valence-corrected chi connectivity index (χ3v) is 10.1. The van der Waals surface area contributed by atoms with Crippen molar-refractivity contribution in [1.82, 2.24) is 5.32 Å². The van der Waals surface area contributed by atoms with E-state index in [1.54, 1.807) is 34.6 Å². The summed E-state index contributed by atoms with van der Waals surface area (Å²) in [5, 5.41) is 27.0. The van der Waals surface area contributed by atoms with Crippen LogP contribution in [0.1, 0.15) is 64.2 Å². The highest BCUT2D eigenvalue weighted by molar-refractivity contribution is 5.93. The molecule has 4 aliphatic rings. The number of hydrogen-bond acceptors (Lipinski definition) is 9. The van der Waals surface area contributed by atoms with Crippen LogP contribution in [0, 0.1) is 70.5 Å². The van der Waals surface area contributed by atoms with Crippen LogP contribution in [0.25, 0.3) is 0 Å². The van der Waals surface area contributed by atoms with Gasteiger partial charge in [0.2, 0.25) is 5.91 Å². The summed E-state index contributed by atoms with van der Waals surface area (Å²) in [6, 6.07) is -0.849. The molecule has 1 amide bonds. The SMILES string of the molecule is C#CC#CC#CC#CC(=O)O[C@H]1C2[C@](C)(C(=O)[C@H](C)C3=C(C)[C@@H](O)C[C@]1(O)C3(C)C)[C@@H](NC(C)=O)C[C@H]1OC[C@@]21OC(C)=O.[HH].[HH]. The van der Waals surface area contributed by atoms with Gasteiger partial charge in [0.15, 0.2) is 5.60 Å². The number of aliphatic hydroxyl groups is 2. The number of amides is 1. The molecule has 0 aromatic rings. The van der Waals surface area contributed by atoms with Gasteiger partial charge in [-0.2, -0.15) is 0 Å². The lowest BCUT2D eigenvalue weighted by atomic mass is 9.43. The summed E-state index contributed by atoms with van der Waals surface area (Å²) in [6.07, 6.45) is 1.37. The van der Waals surface area contributed by atoms with Crippen molar-refractivity contribution < 1.29 is 46.5 Å². The van der Waals surface area contributed by atoms with Crippen LogP contribution in [-0.4, -0.2) is 76.0 Å². The molecule has 3 fully saturated rings. The first-order chi connectivity index (χ1) is 20.5. The predicted octanol–water partition coefficient (Wildman–Crippen LogP) is 1.32. The normalized spacial score (nSPS) is 37.9. The van der Waals surface area contributed by atoms with Gasteiger partial charge in [-0.15, -0.1) is 6.42 Å². The van der Waals surface area contributed by atoms with Crippen molar-refractivity contribution in [2.45, 2.75) is 96.9 Å². The fraction of sp³-hybridized carbons (Fsp3) is 0.588. The van der Waals surface area contributed by atoms with Crippen LogP contribution in [0.4, 0.5) is 0 Å². The number of fused-ring (bicyclic) bond motifs is 5. The molecule has 3 N–H and O–H groups in total. The van der Waals surface area contributed by atoms with Crippen LogP contribution in [0.2, 0.25) is 0 Å². The van der Waals surface area contributed by atoms with Crippen LogP contribution < -0.4 is 5.32 Å². The Balaban J connectivity index is 0.00000368. The molecule has 1 heterocycles. The van der Waals surface area contributed by atoms with Gasteiger partial charge in [-0.05, 0) is 60.0 Å². The van der Waals surface area contributed by atoms with Crippen LogP contribution in [0.5, 0.6) is 0 Å². The predicted molar refractivity (Wildman–Crippen MR) is 161 cm³/mol. The topological polar surface area (TPSA) is 148 Å². The quantitative estimate of drug-likeness (QED) is 0.187. The van der Waals surface area contributed by atoms with Crippen molar-refractivity contribution in [2.75, 3.05) is 6.61 Å². The summed E-state index contributed by atoms with van der Waals surface area (Å²) in [5.41, 5.74) is -5.27. The number of carbonyl (C=O) groups is 4. The van der Waals surface area contributed by atoms with Gasteiger partial charge in [-0.3, -0.25) is 14.4 Å². The number of Topliss-reactive ketones (excluding diaryl/α,β-unsaturated/α-hetero) is 1. The van der Waals surface area contributed by atoms with E-state index in [1.807, 2.05) is 0 Å². The number of nitrogens with one attached hydrogen (secondary N) is 1. The lowest BCUT2D eigenvalue weighted by molar-refractivity contribution is -0.336. The van der Waals surface area contributed by atoms with Gasteiger partial charge < -0.3 is 29.7 Å². The molecule has 0 radical (unpaired) electrons. The largest absolute Gasteiger partial charge is 0.454 e. The van der Waals surface area contributed by atoms with Crippen molar-refractivity contribution in [2.24, 2.45) is 22.7 Å². The number of esters is 2. The van der Waals surface area contributed by atoms with Gasteiger partial charge >= 0.3 is 11.9 Å². The second-order valence-corrected chi connectivity index (χ2v) is 12.8. The van der Waals surface area contributed by atoms with E-state index in [2.05, 4.69) is 46.8 Å². The van der Waals surface area contributed by atoms with E-state index in [4.69, 9.17) is 20.6 Å². The highest BCUT2D eigenvalue weighted by atomic mass is 16.6. The first-order valence-corrected chi connectivity index (χ1v) is 14.4. The monoisotopic (exact) mass is 607 g/mol. The van der Waals surface area contributed by atoms with Gasteiger partial charge in [0.1, 0.15) is 23.6 Å². The second-order valence-electron chi connectivity index (χ2n) is 12.8. The molecule has 1 unspecified atom stereocenters. The minimum Gasteiger partial charge on any atom is -0.454 e. The first kappa shape index (κ1) is 32.8. The lowest BCUT2D eigenvalue weighted by Crippen LogP contribution is -2.82. The Labute approximate surface area is 260 Å². The van der Waals surface area contributed by atoms with Crippen LogP contribution in [0.15, 0.2) is 11.1 Å². The van der Waals surface area contributed by atoms with Crippen molar-refractivity contribution in [3.05, 3.63) is 11.1 Å². The maximum Gasteiger partial charge on any atom is 0.385 e. The number of terminal acetylenes is 1. The van der Waals surface area contributed by atoms with Crippen molar-refractivity contribution >= 4 is 23.6 Å². The minimum absolute atomic E-state index is 0. The number of hydrogen-bond donors (Lipinski definition) is 3. The Bertz CT molecular complexity index is 1580. The van der Waals surface area contributed by atoms with Crippen LogP contribution in [-0.2, 0) is 33.4 Å². The molecule has 3 aliphatic carbocycles. The molecule has 2 bridgehead atoms. The van der Waals surface area contributed by atoms with Gasteiger partial charge in [-0.25, -0.2) is 4.79 Å². The maximum atomic E-state index is 14.9. The average Bonchev–Trinajstić information content (AvgIpc) is 2.92. The van der Waals surface area contributed by atoms with E-state index in [0.717, 1.165) is 0 Å². The molecule has 9 atom stereocenters. The van der Waals surface area contributed by atoms with Crippen molar-refractivity contribution in [1.29, 1.82) is 0 Å². The highest BCUT2D eigenvalue weighted by Crippen LogP contribution is 2.64. The average molecular weight is 608 g/mol. The summed E-state index contributed by atoms with van der Waals surface area (Å²) >= 11 is 0. The number of rotatable bonds is 3. The van der Waals surface area contributed by atoms with Gasteiger partial charge in [-0.1, -0.05) is 27.7 Å². The standard InChI is InChI=1S/C34H37NO9.2H2/c1-9-10-11-12-13-14-15-26(39)43-30-28-32(8,24(35-21(4)36)16-25-33(28,18-42-25)44-22(5)37)29(40)20(3)27-19(2)23(38)17-34(30,41)31(27,6)7;;/h1,20,23-25,28,30,38,41H,16-18H2,2-8H3,(H,35,36);2*1H/t20-,23+,24+,25-,28?,30+,32-,33+,34-;;/m1../s1. The molecule has 4 rings (SSSR count). The zero-order valence-electron chi connectivity index (χ0n) is 25.9. The minimum atomic E-state index is -2.01. The zero-order chi connectivity index (χ0) is 32.8. The van der Waals surface area contributed by atoms with E-state index < -0.39 is 76.1 Å². The molecule has 0 aromatic carbocycles. The molecular formula is C34H41NO9. The van der Waals surface area contributed by atoms with Gasteiger partial charge in [0, 0.05) is 46.4 Å². The molecular weight excluding hydrogens is 566 g/mol. The van der Waals surface area contributed by atoms with E-state index in [0.29, 0.717) is 11.1 Å². The summed E-state index contributed by atoms with van der Waals surface area (Å²) < 4.78 is 17.9. The highest BCUT2D eigenvalue weighted by Gasteiger charge is 2.77. The molecule has 44 heavy (non-hydrogen) atoms. The molecule has 1 saturated heterocycles. The van der Waals surface area contributed by atoms with Gasteiger partial charge in [0.25, 0.3) is 0 Å². The van der Waals surface area contributed by atoms with Crippen molar-refractivity contribution in [3.8, 4) is 47.9 Å². The first-order valence-electron chi connectivity index (χ1n) is 14.4. The molecule has 236 valence electrons. The fourth-order valence-corrected chi connectivity index (χ4v) is 8.24. The zero-order valence-corrected chi connectivity index (χ0v) is 25.9. The summed E-state index contributed by atoms with van der Waals surface area (Å²) in [4.78, 5) is 53.3. The lowest BCUT2D eigenvalue weighted by Gasteiger charge is -2.68. The molecule has 1 aliphatic heterocycles. The van der Waals surface area contributed by atoms with Crippen LogP contribution in [0.3, 0.4) is 0 Å². The maximum absolute atomic E-state index is 14.9. The molecule has 0 aromatic heterocycles. The van der Waals surface area contributed by atoms with Crippen molar-refractivity contribution in [3.63, 3.8) is 0 Å². The Morgan fingerprint density at radius 2 is 1.75 bits per heavy atom. The van der Waals surface area contributed by atoms with E-state index in [9.17, 15) is 29.4 Å². The molecule has 10 heteroatoms. The fourth-order valence-electron chi connectivity index (χ4n) is 8.24. The third-order valence-electron chi connectivity index (χ3n) is 10.1. The van der Waals surface area contributed by atoms with E-state index in [1.165, 1.54) is 13.8 Å². The number of ether oxygens (including phenoxy) is 3. The number of carbonyl (C=O) groups excluding carboxylic acids is 4. The molecule has 2 saturated carbocycles. The number of aliphatic hydroxyl groups excluding tert-OH is 1. The van der Waals surface area contributed by atoms with E-state index in [-0.39, 0.29) is 28.1 Å².